The summed E-state index contributed by atoms with van der Waals surface area (Å²) >= 11 is 0. The average molecular weight is 232 g/mol. The van der Waals surface area contributed by atoms with Gasteiger partial charge in [0.2, 0.25) is 0 Å². The highest BCUT2D eigenvalue weighted by Crippen LogP contribution is 2.32. The van der Waals surface area contributed by atoms with E-state index in [2.05, 4.69) is 31.2 Å². The molecule has 1 heteroatoms. The van der Waals surface area contributed by atoms with E-state index in [0.717, 1.165) is 5.92 Å². The second-order valence-electron chi connectivity index (χ2n) is 5.44. The molecule has 1 N–H and O–H groups in total. The number of hydrogen-bond acceptors (Lipinski definition) is 1. The Morgan fingerprint density at radius 3 is 2.53 bits per heavy atom. The van der Waals surface area contributed by atoms with Crippen molar-refractivity contribution in [3.8, 4) is 0 Å². The average Bonchev–Trinajstić information content (AvgIpc) is 2.67. The standard InChI is InChI=1S/C16H24O/c1-13(12-17)15-9-6-10-16(11-15)14-7-4-2-3-5-8-14/h6,9-11,13-14,17H,2-5,7-8,12H2,1H3. The Kier molecular flexibility index (Phi) is 4.61. The molecule has 2 rings (SSSR count). The predicted octanol–water partition coefficient (Wildman–Crippen LogP) is 4.22. The largest absolute Gasteiger partial charge is 0.396 e. The van der Waals surface area contributed by atoms with E-state index >= 15 is 0 Å². The van der Waals surface area contributed by atoms with Gasteiger partial charge in [0.05, 0.1) is 0 Å². The molecule has 94 valence electrons. The first kappa shape index (κ1) is 12.6. The van der Waals surface area contributed by atoms with Gasteiger partial charge in [0.1, 0.15) is 0 Å². The second kappa shape index (κ2) is 6.20. The molecule has 0 spiro atoms. The SMILES string of the molecule is CC(CO)c1cccc(C2CCCCCC2)c1. The molecule has 0 bridgehead atoms. The summed E-state index contributed by atoms with van der Waals surface area (Å²) in [7, 11) is 0. The topological polar surface area (TPSA) is 20.2 Å². The van der Waals surface area contributed by atoms with Crippen LogP contribution in [0.1, 0.15) is 68.4 Å². The molecule has 1 atom stereocenters. The molecule has 1 unspecified atom stereocenters. The lowest BCUT2D eigenvalue weighted by atomic mass is 9.89. The maximum atomic E-state index is 9.23. The minimum absolute atomic E-state index is 0.244. The van der Waals surface area contributed by atoms with Crippen molar-refractivity contribution in [3.05, 3.63) is 35.4 Å². The molecule has 1 aromatic carbocycles. The fourth-order valence-corrected chi connectivity index (χ4v) is 2.84. The van der Waals surface area contributed by atoms with Gasteiger partial charge in [0.25, 0.3) is 0 Å². The lowest BCUT2D eigenvalue weighted by molar-refractivity contribution is 0.273. The zero-order valence-corrected chi connectivity index (χ0v) is 10.9. The van der Waals surface area contributed by atoms with Gasteiger partial charge in [-0.3, -0.25) is 0 Å². The van der Waals surface area contributed by atoms with Gasteiger partial charge in [-0.25, -0.2) is 0 Å². The van der Waals surface area contributed by atoms with Crippen LogP contribution >= 0.6 is 0 Å². The van der Waals surface area contributed by atoms with Crippen LogP contribution in [0.3, 0.4) is 0 Å². The summed E-state index contributed by atoms with van der Waals surface area (Å²) in [6.45, 7) is 2.33. The van der Waals surface area contributed by atoms with Gasteiger partial charge in [-0.2, -0.15) is 0 Å². The van der Waals surface area contributed by atoms with Crippen molar-refractivity contribution in [2.24, 2.45) is 0 Å². The fraction of sp³-hybridized carbons (Fsp3) is 0.625. The second-order valence-corrected chi connectivity index (χ2v) is 5.44. The fourth-order valence-electron chi connectivity index (χ4n) is 2.84. The molecular formula is C16H24O. The zero-order chi connectivity index (χ0) is 12.1. The molecule has 1 aromatic rings. The summed E-state index contributed by atoms with van der Waals surface area (Å²) in [5, 5.41) is 9.23. The highest BCUT2D eigenvalue weighted by atomic mass is 16.3. The van der Waals surface area contributed by atoms with Crippen molar-refractivity contribution in [2.75, 3.05) is 6.61 Å². The van der Waals surface area contributed by atoms with E-state index in [1.807, 2.05) is 0 Å². The van der Waals surface area contributed by atoms with Crippen LogP contribution in [0, 0.1) is 0 Å². The van der Waals surface area contributed by atoms with Crippen molar-refractivity contribution in [2.45, 2.75) is 57.3 Å². The molecule has 1 fully saturated rings. The third-order valence-electron chi connectivity index (χ3n) is 4.08. The van der Waals surface area contributed by atoms with E-state index in [1.54, 1.807) is 0 Å². The van der Waals surface area contributed by atoms with Crippen LogP contribution in [0.5, 0.6) is 0 Å². The molecule has 17 heavy (non-hydrogen) atoms. The normalized spacial score (nSPS) is 19.9. The Balaban J connectivity index is 2.13. The smallest absolute Gasteiger partial charge is 0.0497 e. The van der Waals surface area contributed by atoms with Gasteiger partial charge in [0.15, 0.2) is 0 Å². The van der Waals surface area contributed by atoms with Gasteiger partial charge < -0.3 is 5.11 Å². The van der Waals surface area contributed by atoms with Crippen LogP contribution in [-0.2, 0) is 0 Å². The zero-order valence-electron chi connectivity index (χ0n) is 10.9. The minimum Gasteiger partial charge on any atom is -0.396 e. The van der Waals surface area contributed by atoms with Crippen molar-refractivity contribution < 1.29 is 5.11 Å². The quantitative estimate of drug-likeness (QED) is 0.774. The number of benzene rings is 1. The van der Waals surface area contributed by atoms with Gasteiger partial charge >= 0.3 is 0 Å². The van der Waals surface area contributed by atoms with Crippen molar-refractivity contribution in [3.63, 3.8) is 0 Å². The third kappa shape index (κ3) is 3.32. The Morgan fingerprint density at radius 2 is 1.88 bits per heavy atom. The molecule has 0 aromatic heterocycles. The summed E-state index contributed by atoms with van der Waals surface area (Å²) in [5.74, 6) is 1.02. The third-order valence-corrected chi connectivity index (χ3v) is 4.08. The summed E-state index contributed by atoms with van der Waals surface area (Å²) in [4.78, 5) is 0. The van der Waals surface area contributed by atoms with E-state index in [0.29, 0.717) is 0 Å². The molecule has 1 aliphatic rings. The van der Waals surface area contributed by atoms with Crippen LogP contribution < -0.4 is 0 Å². The maximum absolute atomic E-state index is 9.23. The first-order chi connectivity index (χ1) is 8.31. The molecule has 1 aliphatic carbocycles. The summed E-state index contributed by atoms with van der Waals surface area (Å²) < 4.78 is 0. The highest BCUT2D eigenvalue weighted by molar-refractivity contribution is 5.28. The first-order valence-electron chi connectivity index (χ1n) is 7.02. The number of aliphatic hydroxyl groups is 1. The maximum Gasteiger partial charge on any atom is 0.0497 e. The van der Waals surface area contributed by atoms with Crippen LogP contribution in [0.25, 0.3) is 0 Å². The molecule has 0 radical (unpaired) electrons. The van der Waals surface area contributed by atoms with E-state index in [1.165, 1.54) is 49.7 Å². The Morgan fingerprint density at radius 1 is 1.18 bits per heavy atom. The van der Waals surface area contributed by atoms with Crippen molar-refractivity contribution in [1.29, 1.82) is 0 Å². The minimum atomic E-state index is 0.244. The Labute approximate surface area is 105 Å². The van der Waals surface area contributed by atoms with Gasteiger partial charge in [-0.15, -0.1) is 0 Å². The van der Waals surface area contributed by atoms with Crippen LogP contribution in [0.4, 0.5) is 0 Å². The lowest BCUT2D eigenvalue weighted by Gasteiger charge is -2.17. The monoisotopic (exact) mass is 232 g/mol. The highest BCUT2D eigenvalue weighted by Gasteiger charge is 2.15. The van der Waals surface area contributed by atoms with Crippen molar-refractivity contribution in [1.82, 2.24) is 0 Å². The van der Waals surface area contributed by atoms with Crippen LogP contribution in [-0.4, -0.2) is 11.7 Å². The van der Waals surface area contributed by atoms with Gasteiger partial charge in [-0.05, 0) is 29.9 Å². The van der Waals surface area contributed by atoms with Crippen molar-refractivity contribution >= 4 is 0 Å². The Bertz CT molecular complexity index is 337. The number of hydrogen-bond donors (Lipinski definition) is 1. The summed E-state index contributed by atoms with van der Waals surface area (Å²) in [5.41, 5.74) is 2.78. The van der Waals surface area contributed by atoms with E-state index < -0.39 is 0 Å². The van der Waals surface area contributed by atoms with E-state index in [4.69, 9.17) is 0 Å². The van der Waals surface area contributed by atoms with Crippen LogP contribution in [0.15, 0.2) is 24.3 Å². The summed E-state index contributed by atoms with van der Waals surface area (Å²) in [6, 6.07) is 8.88. The predicted molar refractivity (Wildman–Crippen MR) is 72.4 cm³/mol. The molecule has 0 amide bonds. The summed E-state index contributed by atoms with van der Waals surface area (Å²) in [6.07, 6.45) is 8.26. The molecule has 0 heterocycles. The molecule has 1 saturated carbocycles. The van der Waals surface area contributed by atoms with Gasteiger partial charge in [-0.1, -0.05) is 56.9 Å². The molecule has 0 aliphatic heterocycles. The molecular weight excluding hydrogens is 208 g/mol. The van der Waals surface area contributed by atoms with Crippen LogP contribution in [0.2, 0.25) is 0 Å². The van der Waals surface area contributed by atoms with Gasteiger partial charge in [0, 0.05) is 12.5 Å². The number of aliphatic hydroxyl groups excluding tert-OH is 1. The van der Waals surface area contributed by atoms with E-state index in [9.17, 15) is 5.11 Å². The Hall–Kier alpha value is -0.820. The lowest BCUT2D eigenvalue weighted by Crippen LogP contribution is -2.02. The first-order valence-corrected chi connectivity index (χ1v) is 7.02. The number of rotatable bonds is 3. The molecule has 0 saturated heterocycles. The van der Waals surface area contributed by atoms with E-state index in [-0.39, 0.29) is 12.5 Å². The molecule has 1 nitrogen and oxygen atoms in total.